The molecule has 0 aliphatic heterocycles. The highest BCUT2D eigenvalue weighted by atomic mass is 16.5. The summed E-state index contributed by atoms with van der Waals surface area (Å²) in [6, 6.07) is 1.95. The van der Waals surface area contributed by atoms with Crippen molar-refractivity contribution in [1.82, 2.24) is 24.7 Å². The lowest BCUT2D eigenvalue weighted by Crippen LogP contribution is -2.15. The predicted molar refractivity (Wildman–Crippen MR) is 66.7 cm³/mol. The second-order valence-electron chi connectivity index (χ2n) is 3.53. The van der Waals surface area contributed by atoms with Crippen LogP contribution < -0.4 is 16.0 Å². The van der Waals surface area contributed by atoms with Crippen LogP contribution in [0.15, 0.2) is 18.5 Å². The Morgan fingerprint density at radius 3 is 2.89 bits per heavy atom. The van der Waals surface area contributed by atoms with Crippen molar-refractivity contribution in [2.24, 2.45) is 5.84 Å². The number of anilines is 1. The van der Waals surface area contributed by atoms with E-state index >= 15 is 0 Å². The quantitative estimate of drug-likeness (QED) is 0.400. The molecule has 0 aliphatic carbocycles. The van der Waals surface area contributed by atoms with Crippen LogP contribution >= 0.6 is 0 Å². The molecule has 9 nitrogen and oxygen atoms in total. The number of ether oxygens (including phenoxy) is 2. The first-order valence-electron chi connectivity index (χ1n) is 5.68. The lowest BCUT2D eigenvalue weighted by Gasteiger charge is -2.07. The number of aromatic nitrogens is 5. The zero-order valence-corrected chi connectivity index (χ0v) is 10.5. The molecule has 0 saturated carbocycles. The van der Waals surface area contributed by atoms with Gasteiger partial charge in [-0.3, -0.25) is 5.43 Å². The van der Waals surface area contributed by atoms with Gasteiger partial charge >= 0.3 is 6.01 Å². The Hall–Kier alpha value is -2.26. The number of hydrazine groups is 1. The Morgan fingerprint density at radius 2 is 2.21 bits per heavy atom. The second kappa shape index (κ2) is 6.61. The molecule has 0 unspecified atom stereocenters. The van der Waals surface area contributed by atoms with Gasteiger partial charge in [0.25, 0.3) is 5.95 Å². The standard InChI is InChI=1S/C10H15N7O2/c1-18-6-3-7-19-10-14-8(16-11)13-9(15-10)17-5-2-4-12-17/h2,4-5H,3,6-7,11H2,1H3,(H,13,14,15,16). The number of methoxy groups -OCH3 is 1. The fourth-order valence-corrected chi connectivity index (χ4v) is 1.33. The van der Waals surface area contributed by atoms with Crippen LogP contribution in [0.5, 0.6) is 6.01 Å². The van der Waals surface area contributed by atoms with E-state index in [9.17, 15) is 0 Å². The van der Waals surface area contributed by atoms with Gasteiger partial charge in [-0.15, -0.1) is 0 Å². The van der Waals surface area contributed by atoms with Crippen LogP contribution in [0.4, 0.5) is 5.95 Å². The molecule has 2 aromatic heterocycles. The van der Waals surface area contributed by atoms with Crippen LogP contribution in [-0.2, 0) is 4.74 Å². The topological polar surface area (TPSA) is 113 Å². The molecule has 0 aromatic carbocycles. The second-order valence-corrected chi connectivity index (χ2v) is 3.53. The summed E-state index contributed by atoms with van der Waals surface area (Å²) in [7, 11) is 1.63. The van der Waals surface area contributed by atoms with Gasteiger partial charge in [-0.25, -0.2) is 10.5 Å². The number of hydrogen-bond acceptors (Lipinski definition) is 8. The summed E-state index contributed by atoms with van der Waals surface area (Å²) in [5.41, 5.74) is 2.36. The molecule has 0 spiro atoms. The Bertz CT molecular complexity index is 503. The summed E-state index contributed by atoms with van der Waals surface area (Å²) >= 11 is 0. The van der Waals surface area contributed by atoms with Crippen LogP contribution in [0.1, 0.15) is 6.42 Å². The first-order chi connectivity index (χ1) is 9.33. The molecular weight excluding hydrogens is 250 g/mol. The molecule has 0 atom stereocenters. The first kappa shape index (κ1) is 13.2. The number of hydrogen-bond donors (Lipinski definition) is 2. The minimum atomic E-state index is 0.185. The van der Waals surface area contributed by atoms with E-state index in [1.807, 2.05) is 0 Å². The molecule has 0 bridgehead atoms. The summed E-state index contributed by atoms with van der Waals surface area (Å²) in [5, 5.41) is 4.03. The van der Waals surface area contributed by atoms with Crippen molar-refractivity contribution in [2.45, 2.75) is 6.42 Å². The van der Waals surface area contributed by atoms with Crippen molar-refractivity contribution >= 4 is 5.95 Å². The van der Waals surface area contributed by atoms with E-state index in [4.69, 9.17) is 15.3 Å². The SMILES string of the molecule is COCCCOc1nc(NN)nc(-n2cccn2)n1. The van der Waals surface area contributed by atoms with Crippen LogP contribution in [0, 0.1) is 0 Å². The largest absolute Gasteiger partial charge is 0.463 e. The van der Waals surface area contributed by atoms with Gasteiger partial charge in [-0.1, -0.05) is 0 Å². The average Bonchev–Trinajstić information content (AvgIpc) is 2.97. The Morgan fingerprint density at radius 1 is 1.32 bits per heavy atom. The molecule has 0 amide bonds. The summed E-state index contributed by atoms with van der Waals surface area (Å²) in [6.07, 6.45) is 4.08. The lowest BCUT2D eigenvalue weighted by atomic mass is 10.5. The smallest absolute Gasteiger partial charge is 0.323 e. The van der Waals surface area contributed by atoms with Crippen LogP contribution in [0.3, 0.4) is 0 Å². The summed E-state index contributed by atoms with van der Waals surface area (Å²) < 4.78 is 11.8. The maximum absolute atomic E-state index is 5.41. The third-order valence-corrected chi connectivity index (χ3v) is 2.17. The Kier molecular flexibility index (Phi) is 4.59. The van der Waals surface area contributed by atoms with Gasteiger partial charge in [0, 0.05) is 32.5 Å². The molecule has 102 valence electrons. The van der Waals surface area contributed by atoms with E-state index in [1.165, 1.54) is 4.68 Å². The molecule has 0 fully saturated rings. The van der Waals surface area contributed by atoms with Crippen molar-refractivity contribution in [2.75, 3.05) is 25.7 Å². The van der Waals surface area contributed by atoms with E-state index in [0.29, 0.717) is 19.2 Å². The van der Waals surface area contributed by atoms with Crippen molar-refractivity contribution in [3.05, 3.63) is 18.5 Å². The van der Waals surface area contributed by atoms with Crippen molar-refractivity contribution < 1.29 is 9.47 Å². The predicted octanol–water partition coefficient (Wildman–Crippen LogP) is -0.242. The third-order valence-electron chi connectivity index (χ3n) is 2.17. The fourth-order valence-electron chi connectivity index (χ4n) is 1.33. The van der Waals surface area contributed by atoms with Crippen LogP contribution in [0.25, 0.3) is 5.95 Å². The Labute approximate surface area is 109 Å². The molecule has 0 saturated heterocycles. The number of nitrogens with one attached hydrogen (secondary N) is 1. The zero-order valence-electron chi connectivity index (χ0n) is 10.5. The van der Waals surface area contributed by atoms with Crippen LogP contribution in [-0.4, -0.2) is 45.1 Å². The van der Waals surface area contributed by atoms with Gasteiger partial charge in [0.1, 0.15) is 0 Å². The lowest BCUT2D eigenvalue weighted by molar-refractivity contribution is 0.168. The number of nitrogens with two attached hydrogens (primary N) is 1. The van der Waals surface area contributed by atoms with Gasteiger partial charge in [-0.05, 0) is 6.07 Å². The van der Waals surface area contributed by atoms with Gasteiger partial charge in [0.2, 0.25) is 5.95 Å². The summed E-state index contributed by atoms with van der Waals surface area (Å²) in [6.45, 7) is 1.06. The first-order valence-corrected chi connectivity index (χ1v) is 5.68. The van der Waals surface area contributed by atoms with E-state index in [1.54, 1.807) is 25.6 Å². The van der Waals surface area contributed by atoms with E-state index in [-0.39, 0.29) is 12.0 Å². The van der Waals surface area contributed by atoms with Gasteiger partial charge < -0.3 is 9.47 Å². The number of rotatable bonds is 7. The fraction of sp³-hybridized carbons (Fsp3) is 0.400. The highest BCUT2D eigenvalue weighted by Crippen LogP contribution is 2.09. The number of nitrogen functional groups attached to an aromatic ring is 1. The Balaban J connectivity index is 2.12. The van der Waals surface area contributed by atoms with Gasteiger partial charge in [0.15, 0.2) is 0 Å². The minimum Gasteiger partial charge on any atom is -0.463 e. The maximum atomic E-state index is 5.41. The summed E-state index contributed by atoms with van der Waals surface area (Å²) in [5.74, 6) is 5.85. The van der Waals surface area contributed by atoms with E-state index in [2.05, 4.69) is 25.5 Å². The molecule has 0 radical (unpaired) electrons. The monoisotopic (exact) mass is 265 g/mol. The highest BCUT2D eigenvalue weighted by molar-refractivity contribution is 5.28. The molecule has 19 heavy (non-hydrogen) atoms. The molecule has 2 rings (SSSR count). The molecule has 3 N–H and O–H groups in total. The average molecular weight is 265 g/mol. The molecule has 2 heterocycles. The van der Waals surface area contributed by atoms with Crippen molar-refractivity contribution in [1.29, 1.82) is 0 Å². The molecule has 0 aliphatic rings. The van der Waals surface area contributed by atoms with Crippen LogP contribution in [0.2, 0.25) is 0 Å². The molecular formula is C10H15N7O2. The normalized spacial score (nSPS) is 10.4. The van der Waals surface area contributed by atoms with E-state index in [0.717, 1.165) is 6.42 Å². The minimum absolute atomic E-state index is 0.185. The maximum Gasteiger partial charge on any atom is 0.323 e. The van der Waals surface area contributed by atoms with Gasteiger partial charge in [0.05, 0.1) is 6.61 Å². The molecule has 9 heteroatoms. The summed E-state index contributed by atoms with van der Waals surface area (Å²) in [4.78, 5) is 12.2. The van der Waals surface area contributed by atoms with E-state index < -0.39 is 0 Å². The van der Waals surface area contributed by atoms with Crippen molar-refractivity contribution in [3.63, 3.8) is 0 Å². The van der Waals surface area contributed by atoms with Gasteiger partial charge in [-0.2, -0.15) is 20.1 Å². The van der Waals surface area contributed by atoms with Crippen molar-refractivity contribution in [3.8, 4) is 12.0 Å². The highest BCUT2D eigenvalue weighted by Gasteiger charge is 2.08. The zero-order chi connectivity index (χ0) is 13.5. The molecule has 2 aromatic rings. The number of nitrogens with zero attached hydrogens (tertiary/aromatic N) is 5. The third kappa shape index (κ3) is 3.60.